The molecule has 0 unspecified atom stereocenters. The van der Waals surface area contributed by atoms with E-state index in [1.165, 1.54) is 0 Å². The second-order valence-corrected chi connectivity index (χ2v) is 6.96. The highest BCUT2D eigenvalue weighted by Gasteiger charge is 2.10. The Morgan fingerprint density at radius 1 is 1.14 bits per heavy atom. The van der Waals surface area contributed by atoms with Crippen LogP contribution in [0.4, 0.5) is 5.82 Å². The van der Waals surface area contributed by atoms with Crippen LogP contribution in [0.1, 0.15) is 12.5 Å². The van der Waals surface area contributed by atoms with E-state index in [1.807, 2.05) is 37.3 Å². The number of nitrogens with zero attached hydrogens (tertiary/aromatic N) is 5. The predicted molar refractivity (Wildman–Crippen MR) is 114 cm³/mol. The molecule has 2 N–H and O–H groups in total. The first kappa shape index (κ1) is 18.9. The fourth-order valence-corrected chi connectivity index (χ4v) is 2.95. The van der Waals surface area contributed by atoms with Gasteiger partial charge in [-0.15, -0.1) is 15.3 Å². The summed E-state index contributed by atoms with van der Waals surface area (Å²) in [6, 6.07) is 16.4. The van der Waals surface area contributed by atoms with Crippen LogP contribution >= 0.6 is 15.9 Å². The number of hydrogen-bond donors (Lipinski definition) is 2. The summed E-state index contributed by atoms with van der Waals surface area (Å²) in [5, 5.41) is 26.9. The minimum absolute atomic E-state index is 0.0946. The van der Waals surface area contributed by atoms with Gasteiger partial charge in [-0.3, -0.25) is 5.43 Å². The molecule has 0 aliphatic carbocycles. The molecule has 146 valence electrons. The Kier molecular flexibility index (Phi) is 5.39. The van der Waals surface area contributed by atoms with Gasteiger partial charge >= 0.3 is 0 Å². The molecule has 0 spiro atoms. The van der Waals surface area contributed by atoms with Gasteiger partial charge in [-0.2, -0.15) is 9.62 Å². The molecule has 2 aromatic heterocycles. The maximum Gasteiger partial charge on any atom is 0.185 e. The lowest BCUT2D eigenvalue weighted by Crippen LogP contribution is -2.00. The van der Waals surface area contributed by atoms with Crippen molar-refractivity contribution in [2.75, 3.05) is 12.0 Å². The molecule has 0 saturated heterocycles. The molecule has 0 atom stereocenters. The lowest BCUT2D eigenvalue weighted by atomic mass is 10.2. The van der Waals surface area contributed by atoms with E-state index in [9.17, 15) is 5.11 Å². The Bertz CT molecular complexity index is 1170. The van der Waals surface area contributed by atoms with Crippen LogP contribution in [0.25, 0.3) is 17.0 Å². The molecule has 8 nitrogen and oxygen atoms in total. The Morgan fingerprint density at radius 3 is 2.76 bits per heavy atom. The highest BCUT2D eigenvalue weighted by molar-refractivity contribution is 9.10. The minimum atomic E-state index is 0.0946. The number of rotatable bonds is 6. The third kappa shape index (κ3) is 4.19. The first-order chi connectivity index (χ1) is 14.1. The molecule has 0 fully saturated rings. The van der Waals surface area contributed by atoms with E-state index in [0.29, 0.717) is 29.6 Å². The molecule has 2 aromatic carbocycles. The number of ether oxygens (including phenoxy) is 1. The molecule has 4 rings (SSSR count). The number of phenols is 1. The smallest absolute Gasteiger partial charge is 0.185 e. The SMILES string of the molecule is CCOc1cc(/C=N/Nc2ccc3nnc(-c4ccc(Br)cc4)n3n2)ccc1O. The quantitative estimate of drug-likeness (QED) is 0.337. The molecule has 2 heterocycles. The van der Waals surface area contributed by atoms with Crippen molar-refractivity contribution >= 4 is 33.6 Å². The van der Waals surface area contributed by atoms with E-state index < -0.39 is 0 Å². The lowest BCUT2D eigenvalue weighted by molar-refractivity contribution is 0.318. The third-order valence-electron chi connectivity index (χ3n) is 4.04. The van der Waals surface area contributed by atoms with Gasteiger partial charge in [-0.25, -0.2) is 0 Å². The van der Waals surface area contributed by atoms with Crippen molar-refractivity contribution < 1.29 is 9.84 Å². The maximum absolute atomic E-state index is 9.77. The van der Waals surface area contributed by atoms with E-state index in [4.69, 9.17) is 4.74 Å². The number of anilines is 1. The van der Waals surface area contributed by atoms with Gasteiger partial charge in [0.2, 0.25) is 0 Å². The van der Waals surface area contributed by atoms with Crippen LogP contribution in [0.2, 0.25) is 0 Å². The van der Waals surface area contributed by atoms with Crippen LogP contribution in [0, 0.1) is 0 Å². The average Bonchev–Trinajstić information content (AvgIpc) is 3.14. The van der Waals surface area contributed by atoms with Crippen LogP contribution in [-0.4, -0.2) is 37.7 Å². The highest BCUT2D eigenvalue weighted by atomic mass is 79.9. The van der Waals surface area contributed by atoms with Gasteiger partial charge in [-0.1, -0.05) is 28.1 Å². The molecule has 29 heavy (non-hydrogen) atoms. The van der Waals surface area contributed by atoms with Crippen molar-refractivity contribution in [1.82, 2.24) is 19.8 Å². The molecule has 0 aliphatic rings. The fraction of sp³-hybridized carbons (Fsp3) is 0.100. The summed E-state index contributed by atoms with van der Waals surface area (Å²) in [4.78, 5) is 0. The first-order valence-electron chi connectivity index (χ1n) is 8.87. The number of benzene rings is 2. The van der Waals surface area contributed by atoms with Crippen molar-refractivity contribution in [3.63, 3.8) is 0 Å². The molecular weight excluding hydrogens is 436 g/mol. The molecule has 0 aliphatic heterocycles. The number of halogens is 1. The standard InChI is InChI=1S/C20H17BrN6O2/c1-2-29-17-11-13(3-8-16(17)28)12-22-23-18-9-10-19-24-25-20(27(19)26-18)14-4-6-15(21)7-5-14/h3-12,28H,2H2,1H3,(H,23,26)/b22-12+. The molecule has 0 radical (unpaired) electrons. The number of hydrogen-bond acceptors (Lipinski definition) is 7. The summed E-state index contributed by atoms with van der Waals surface area (Å²) in [5.41, 5.74) is 5.22. The summed E-state index contributed by atoms with van der Waals surface area (Å²) in [7, 11) is 0. The lowest BCUT2D eigenvalue weighted by Gasteiger charge is -2.06. The number of hydrazone groups is 1. The van der Waals surface area contributed by atoms with Crippen molar-refractivity contribution in [1.29, 1.82) is 0 Å². The molecule has 4 aromatic rings. The van der Waals surface area contributed by atoms with Gasteiger partial charge in [0.25, 0.3) is 0 Å². The largest absolute Gasteiger partial charge is 0.504 e. The summed E-state index contributed by atoms with van der Waals surface area (Å²) >= 11 is 3.43. The zero-order valence-electron chi connectivity index (χ0n) is 15.5. The van der Waals surface area contributed by atoms with Crippen LogP contribution in [0.15, 0.2) is 64.2 Å². The minimum Gasteiger partial charge on any atom is -0.504 e. The summed E-state index contributed by atoms with van der Waals surface area (Å²) in [6.45, 7) is 2.33. The van der Waals surface area contributed by atoms with Crippen molar-refractivity contribution in [2.24, 2.45) is 5.10 Å². The topological polar surface area (TPSA) is 96.9 Å². The normalized spacial score (nSPS) is 11.2. The zero-order chi connectivity index (χ0) is 20.2. The number of nitrogens with one attached hydrogen (secondary N) is 1. The molecule has 0 saturated carbocycles. The Labute approximate surface area is 175 Å². The molecule has 0 bridgehead atoms. The van der Waals surface area contributed by atoms with Gasteiger partial charge in [0.15, 0.2) is 28.8 Å². The van der Waals surface area contributed by atoms with Crippen LogP contribution < -0.4 is 10.2 Å². The maximum atomic E-state index is 9.77. The van der Waals surface area contributed by atoms with Crippen molar-refractivity contribution in [3.05, 3.63) is 64.6 Å². The summed E-state index contributed by atoms with van der Waals surface area (Å²) < 4.78 is 8.03. The number of phenolic OH excluding ortho intramolecular Hbond substituents is 1. The fourth-order valence-electron chi connectivity index (χ4n) is 2.68. The van der Waals surface area contributed by atoms with Gasteiger partial charge < -0.3 is 9.84 Å². The molecule has 9 heteroatoms. The molecule has 0 amide bonds. The zero-order valence-corrected chi connectivity index (χ0v) is 17.0. The average molecular weight is 453 g/mol. The van der Waals surface area contributed by atoms with Gasteiger partial charge in [-0.05, 0) is 55.0 Å². The summed E-state index contributed by atoms with van der Waals surface area (Å²) in [6.07, 6.45) is 1.62. The van der Waals surface area contributed by atoms with E-state index in [-0.39, 0.29) is 5.75 Å². The van der Waals surface area contributed by atoms with E-state index in [2.05, 4.69) is 41.8 Å². The van der Waals surface area contributed by atoms with Gasteiger partial charge in [0.1, 0.15) is 0 Å². The predicted octanol–water partition coefficient (Wildman–Crippen LogP) is 4.10. The van der Waals surface area contributed by atoms with E-state index in [0.717, 1.165) is 15.6 Å². The Morgan fingerprint density at radius 2 is 1.97 bits per heavy atom. The number of aromatic nitrogens is 4. The van der Waals surface area contributed by atoms with Gasteiger partial charge in [0.05, 0.1) is 12.8 Å². The van der Waals surface area contributed by atoms with E-state index in [1.54, 1.807) is 35.0 Å². The van der Waals surface area contributed by atoms with Gasteiger partial charge in [0, 0.05) is 10.0 Å². The first-order valence-corrected chi connectivity index (χ1v) is 9.66. The van der Waals surface area contributed by atoms with Crippen molar-refractivity contribution in [3.8, 4) is 22.9 Å². The monoisotopic (exact) mass is 452 g/mol. The number of fused-ring (bicyclic) bond motifs is 1. The van der Waals surface area contributed by atoms with Crippen LogP contribution in [0.3, 0.4) is 0 Å². The van der Waals surface area contributed by atoms with Crippen LogP contribution in [0.5, 0.6) is 11.5 Å². The second kappa shape index (κ2) is 8.27. The highest BCUT2D eigenvalue weighted by Crippen LogP contribution is 2.26. The number of aromatic hydroxyl groups is 1. The third-order valence-corrected chi connectivity index (χ3v) is 4.57. The second-order valence-electron chi connectivity index (χ2n) is 6.05. The Balaban J connectivity index is 1.56. The van der Waals surface area contributed by atoms with Crippen LogP contribution in [-0.2, 0) is 0 Å². The van der Waals surface area contributed by atoms with E-state index >= 15 is 0 Å². The summed E-state index contributed by atoms with van der Waals surface area (Å²) in [5.74, 6) is 1.69. The van der Waals surface area contributed by atoms with Crippen molar-refractivity contribution in [2.45, 2.75) is 6.92 Å². The Hall–Kier alpha value is -3.46. The molecular formula is C20H17BrN6O2.